The predicted octanol–water partition coefficient (Wildman–Crippen LogP) is 4.31. The lowest BCUT2D eigenvalue weighted by Gasteiger charge is -2.34. The number of hydrogen-bond acceptors (Lipinski definition) is 4. The highest BCUT2D eigenvalue weighted by atomic mass is 16.6. The fourth-order valence-corrected chi connectivity index (χ4v) is 3.49. The van der Waals surface area contributed by atoms with Gasteiger partial charge in [-0.25, -0.2) is 0 Å². The molecule has 5 nitrogen and oxygen atoms in total. The normalized spacial score (nSPS) is 16.3. The number of nitrogens with zero attached hydrogens (tertiary/aromatic N) is 2. The minimum absolute atomic E-state index is 0.0201. The maximum absolute atomic E-state index is 11.5. The first-order valence-electron chi connectivity index (χ1n) is 8.09. The Hall–Kier alpha value is -2.69. The van der Waals surface area contributed by atoms with E-state index in [0.717, 1.165) is 19.3 Å². The molecule has 5 heteroatoms. The van der Waals surface area contributed by atoms with Crippen molar-refractivity contribution in [3.63, 3.8) is 0 Å². The summed E-state index contributed by atoms with van der Waals surface area (Å²) in [7, 11) is 1.89. The van der Waals surface area contributed by atoms with E-state index in [1.807, 2.05) is 24.1 Å². The van der Waals surface area contributed by atoms with Crippen LogP contribution in [0.4, 0.5) is 11.4 Å². The molecule has 124 valence electrons. The van der Waals surface area contributed by atoms with Gasteiger partial charge in [-0.15, -0.1) is 0 Å². The first kappa shape index (κ1) is 16.2. The molecule has 0 spiro atoms. The van der Waals surface area contributed by atoms with Gasteiger partial charge in [-0.1, -0.05) is 24.3 Å². The van der Waals surface area contributed by atoms with Crippen molar-refractivity contribution in [3.05, 3.63) is 69.3 Å². The van der Waals surface area contributed by atoms with Gasteiger partial charge in [0.2, 0.25) is 0 Å². The van der Waals surface area contributed by atoms with Gasteiger partial charge in [-0.05, 0) is 49.4 Å². The van der Waals surface area contributed by atoms with Crippen molar-refractivity contribution in [3.8, 4) is 0 Å². The minimum Gasteiger partial charge on any atom is -0.362 e. The monoisotopic (exact) mass is 324 g/mol. The molecule has 24 heavy (non-hydrogen) atoms. The van der Waals surface area contributed by atoms with Gasteiger partial charge < -0.3 is 4.90 Å². The van der Waals surface area contributed by atoms with Crippen LogP contribution in [0.3, 0.4) is 0 Å². The molecule has 2 aromatic rings. The number of ketones is 1. The van der Waals surface area contributed by atoms with Crippen molar-refractivity contribution in [2.75, 3.05) is 11.9 Å². The lowest BCUT2D eigenvalue weighted by molar-refractivity contribution is -0.384. The molecule has 1 aliphatic carbocycles. The predicted molar refractivity (Wildman–Crippen MR) is 93.6 cm³/mol. The van der Waals surface area contributed by atoms with E-state index < -0.39 is 4.92 Å². The number of hydrogen-bond donors (Lipinski definition) is 0. The molecule has 0 fully saturated rings. The summed E-state index contributed by atoms with van der Waals surface area (Å²) in [6, 6.07) is 13.1. The number of aryl methyl sites for hydroxylation is 1. The van der Waals surface area contributed by atoms with E-state index in [4.69, 9.17) is 0 Å². The van der Waals surface area contributed by atoms with Gasteiger partial charge >= 0.3 is 0 Å². The van der Waals surface area contributed by atoms with Crippen molar-refractivity contribution in [1.82, 2.24) is 0 Å². The average molecular weight is 324 g/mol. The number of rotatable bonds is 4. The van der Waals surface area contributed by atoms with E-state index in [1.54, 1.807) is 12.1 Å². The zero-order valence-electron chi connectivity index (χ0n) is 13.9. The number of nitro benzene ring substituents is 1. The highest BCUT2D eigenvalue weighted by Gasteiger charge is 2.28. The van der Waals surface area contributed by atoms with Gasteiger partial charge in [0.15, 0.2) is 5.78 Å². The second-order valence-corrected chi connectivity index (χ2v) is 6.23. The van der Waals surface area contributed by atoms with Gasteiger partial charge in [0.1, 0.15) is 5.69 Å². The number of nitro groups is 1. The molecule has 0 heterocycles. The zero-order chi connectivity index (χ0) is 17.3. The summed E-state index contributed by atoms with van der Waals surface area (Å²) in [5.74, 6) is -0.171. The Morgan fingerprint density at radius 2 is 2.00 bits per heavy atom. The van der Waals surface area contributed by atoms with Crippen LogP contribution >= 0.6 is 0 Å². The fourth-order valence-electron chi connectivity index (χ4n) is 3.49. The smallest absolute Gasteiger partial charge is 0.293 e. The molecule has 0 radical (unpaired) electrons. The van der Waals surface area contributed by atoms with Crippen LogP contribution in [0.2, 0.25) is 0 Å². The Balaban J connectivity index is 2.03. The molecular formula is C19H20N2O3. The summed E-state index contributed by atoms with van der Waals surface area (Å²) in [6.07, 6.45) is 3.07. The van der Waals surface area contributed by atoms with Crippen LogP contribution in [0.15, 0.2) is 42.5 Å². The first-order chi connectivity index (χ1) is 11.5. The van der Waals surface area contributed by atoms with Gasteiger partial charge in [0, 0.05) is 18.7 Å². The zero-order valence-corrected chi connectivity index (χ0v) is 13.9. The highest BCUT2D eigenvalue weighted by Crippen LogP contribution is 2.39. The van der Waals surface area contributed by atoms with Gasteiger partial charge in [0.05, 0.1) is 11.0 Å². The standard InChI is InChI=1S/C19H20N2O3/c1-13(22)15-10-11-18(19(12-15)21(23)24)20(2)17-9-5-7-14-6-3-4-8-16(14)17/h3-4,6,8,10-12,17H,5,7,9H2,1-2H3/t17-/m1/s1. The van der Waals surface area contributed by atoms with E-state index >= 15 is 0 Å². The second kappa shape index (κ2) is 6.43. The lowest BCUT2D eigenvalue weighted by Crippen LogP contribution is -2.28. The van der Waals surface area contributed by atoms with Crippen LogP contribution in [0, 0.1) is 10.1 Å². The van der Waals surface area contributed by atoms with Crippen molar-refractivity contribution in [2.45, 2.75) is 32.2 Å². The summed E-state index contributed by atoms with van der Waals surface area (Å²) in [4.78, 5) is 24.6. The number of carbonyl (C=O) groups excluding carboxylic acids is 1. The summed E-state index contributed by atoms with van der Waals surface area (Å²) in [5.41, 5.74) is 3.43. The van der Waals surface area contributed by atoms with Crippen molar-refractivity contribution in [1.29, 1.82) is 0 Å². The van der Waals surface area contributed by atoms with Crippen LogP contribution in [0.1, 0.15) is 47.3 Å². The Morgan fingerprint density at radius 1 is 1.25 bits per heavy atom. The lowest BCUT2D eigenvalue weighted by atomic mass is 9.86. The molecule has 0 aliphatic heterocycles. The van der Waals surface area contributed by atoms with E-state index in [-0.39, 0.29) is 17.5 Å². The Kier molecular flexibility index (Phi) is 4.34. The summed E-state index contributed by atoms with van der Waals surface area (Å²) < 4.78 is 0. The van der Waals surface area contributed by atoms with E-state index in [9.17, 15) is 14.9 Å². The number of anilines is 1. The number of benzene rings is 2. The Labute approximate surface area is 141 Å². The molecule has 1 atom stereocenters. The quantitative estimate of drug-likeness (QED) is 0.477. The van der Waals surface area contributed by atoms with Crippen LogP contribution < -0.4 is 4.90 Å². The number of Topliss-reactive ketones (excluding diaryl/α,β-unsaturated/α-hetero) is 1. The number of fused-ring (bicyclic) bond motifs is 1. The topological polar surface area (TPSA) is 63.5 Å². The molecule has 2 aromatic carbocycles. The van der Waals surface area contributed by atoms with Gasteiger partial charge in [0.25, 0.3) is 5.69 Å². The molecule has 3 rings (SSSR count). The maximum atomic E-state index is 11.5. The van der Waals surface area contributed by atoms with Crippen molar-refractivity contribution < 1.29 is 9.72 Å². The molecule has 1 aliphatic rings. The molecule has 0 saturated carbocycles. The van der Waals surface area contributed by atoms with E-state index in [1.165, 1.54) is 24.1 Å². The summed E-state index contributed by atoms with van der Waals surface area (Å²) >= 11 is 0. The van der Waals surface area contributed by atoms with E-state index in [2.05, 4.69) is 12.1 Å². The molecular weight excluding hydrogens is 304 g/mol. The van der Waals surface area contributed by atoms with Crippen LogP contribution in [-0.4, -0.2) is 17.8 Å². The van der Waals surface area contributed by atoms with Crippen molar-refractivity contribution in [2.24, 2.45) is 0 Å². The third-order valence-electron chi connectivity index (χ3n) is 4.76. The average Bonchev–Trinajstić information content (AvgIpc) is 2.60. The Morgan fingerprint density at radius 3 is 2.71 bits per heavy atom. The van der Waals surface area contributed by atoms with Crippen LogP contribution in [-0.2, 0) is 6.42 Å². The molecule has 0 N–H and O–H groups in total. The largest absolute Gasteiger partial charge is 0.362 e. The molecule has 0 unspecified atom stereocenters. The second-order valence-electron chi connectivity index (χ2n) is 6.23. The number of carbonyl (C=O) groups is 1. The SMILES string of the molecule is CC(=O)c1ccc(N(C)[C@@H]2CCCc3ccccc32)c([N+](=O)[O-])c1. The fraction of sp³-hybridized carbons (Fsp3) is 0.316. The molecule has 0 saturated heterocycles. The van der Waals surface area contributed by atoms with Crippen molar-refractivity contribution >= 4 is 17.2 Å². The third-order valence-corrected chi connectivity index (χ3v) is 4.76. The summed E-state index contributed by atoms with van der Waals surface area (Å²) in [6.45, 7) is 1.42. The third kappa shape index (κ3) is 2.89. The summed E-state index contributed by atoms with van der Waals surface area (Å²) in [5, 5.41) is 11.5. The first-order valence-corrected chi connectivity index (χ1v) is 8.09. The molecule has 0 aromatic heterocycles. The Bertz CT molecular complexity index is 801. The van der Waals surface area contributed by atoms with Gasteiger partial charge in [-0.3, -0.25) is 14.9 Å². The van der Waals surface area contributed by atoms with Gasteiger partial charge in [-0.2, -0.15) is 0 Å². The van der Waals surface area contributed by atoms with Crippen LogP contribution in [0.25, 0.3) is 0 Å². The minimum atomic E-state index is -0.410. The van der Waals surface area contributed by atoms with E-state index in [0.29, 0.717) is 11.3 Å². The van der Waals surface area contributed by atoms with Crippen LogP contribution in [0.5, 0.6) is 0 Å². The molecule has 0 bridgehead atoms. The highest BCUT2D eigenvalue weighted by molar-refractivity contribution is 5.95. The molecule has 0 amide bonds. The maximum Gasteiger partial charge on any atom is 0.293 e.